The van der Waals surface area contributed by atoms with E-state index in [2.05, 4.69) is 4.74 Å². The first-order valence-corrected chi connectivity index (χ1v) is 6.26. The lowest BCUT2D eigenvalue weighted by molar-refractivity contribution is -0.141. The maximum absolute atomic E-state index is 11.6. The Morgan fingerprint density at radius 3 is 2.19 bits per heavy atom. The van der Waals surface area contributed by atoms with Crippen LogP contribution < -0.4 is 0 Å². The van der Waals surface area contributed by atoms with Gasteiger partial charge in [0.2, 0.25) is 0 Å². The number of benzene rings is 1. The van der Waals surface area contributed by atoms with Crippen molar-refractivity contribution in [1.29, 1.82) is 0 Å². The Morgan fingerprint density at radius 2 is 1.71 bits per heavy atom. The maximum atomic E-state index is 11.6. The molecule has 0 aliphatic heterocycles. The van der Waals surface area contributed by atoms with E-state index in [9.17, 15) is 24.6 Å². The topological polar surface area (TPSA) is 121 Å². The number of aliphatic hydroxyl groups is 2. The van der Waals surface area contributed by atoms with E-state index in [1.54, 1.807) is 6.92 Å². The minimum atomic E-state index is -1.46. The van der Waals surface area contributed by atoms with E-state index in [1.165, 1.54) is 24.3 Å². The molecule has 0 aliphatic carbocycles. The lowest BCUT2D eigenvalue weighted by Gasteiger charge is -2.16. The monoisotopic (exact) mass is 296 g/mol. The minimum Gasteiger partial charge on any atom is -0.481 e. The number of aliphatic carboxylic acids is 1. The highest BCUT2D eigenvalue weighted by Gasteiger charge is 2.22. The van der Waals surface area contributed by atoms with Crippen molar-refractivity contribution in [2.24, 2.45) is 0 Å². The van der Waals surface area contributed by atoms with Gasteiger partial charge in [0.15, 0.2) is 0 Å². The second kappa shape index (κ2) is 7.51. The summed E-state index contributed by atoms with van der Waals surface area (Å²) < 4.78 is 4.57. The second-order valence-electron chi connectivity index (χ2n) is 4.28. The Hall–Kier alpha value is -2.25. The van der Waals surface area contributed by atoms with Crippen LogP contribution in [0.25, 0.3) is 0 Å². The largest absolute Gasteiger partial charge is 0.481 e. The molecular formula is C14H16O7. The van der Waals surface area contributed by atoms with E-state index in [1.807, 2.05) is 0 Å². The van der Waals surface area contributed by atoms with Gasteiger partial charge in [0.1, 0.15) is 6.10 Å². The third kappa shape index (κ3) is 4.66. The van der Waals surface area contributed by atoms with E-state index < -0.39 is 36.4 Å². The van der Waals surface area contributed by atoms with E-state index in [-0.39, 0.29) is 17.7 Å². The molecule has 2 unspecified atom stereocenters. The molecule has 1 aromatic carbocycles. The molecule has 7 heteroatoms. The molecule has 0 saturated carbocycles. The first-order valence-electron chi connectivity index (χ1n) is 6.26. The molecule has 0 saturated heterocycles. The molecule has 1 aromatic rings. The predicted molar refractivity (Wildman–Crippen MR) is 70.6 cm³/mol. The quantitative estimate of drug-likeness (QED) is 0.376. The molecule has 0 bridgehead atoms. The van der Waals surface area contributed by atoms with Gasteiger partial charge in [-0.25, -0.2) is 4.79 Å². The number of hydrogen-bond acceptors (Lipinski definition) is 6. The van der Waals surface area contributed by atoms with Crippen LogP contribution in [0.1, 0.15) is 35.4 Å². The van der Waals surface area contributed by atoms with Crippen molar-refractivity contribution < 1.29 is 34.4 Å². The normalized spacial score (nSPS) is 13.3. The van der Waals surface area contributed by atoms with Gasteiger partial charge in [0.05, 0.1) is 19.1 Å². The summed E-state index contributed by atoms with van der Waals surface area (Å²) in [5.74, 6) is -3.03. The number of rotatable bonds is 7. The van der Waals surface area contributed by atoms with Crippen molar-refractivity contribution in [2.75, 3.05) is 6.61 Å². The Labute approximate surface area is 120 Å². The molecule has 0 radical (unpaired) electrons. The second-order valence-corrected chi connectivity index (χ2v) is 4.28. The number of hydrogen-bond donors (Lipinski definition) is 3. The lowest BCUT2D eigenvalue weighted by atomic mass is 10.00. The SMILES string of the molecule is CCOC(=O)C(=O)c1ccc(C(O)C(O)CC(=O)O)cc1. The third-order valence-electron chi connectivity index (χ3n) is 2.72. The average molecular weight is 296 g/mol. The van der Waals surface area contributed by atoms with Gasteiger partial charge in [-0.15, -0.1) is 0 Å². The number of aliphatic hydroxyl groups excluding tert-OH is 2. The predicted octanol–water partition coefficient (Wildman–Crippen LogP) is 0.301. The van der Waals surface area contributed by atoms with Gasteiger partial charge in [-0.1, -0.05) is 24.3 Å². The lowest BCUT2D eigenvalue weighted by Crippen LogP contribution is -2.22. The zero-order valence-corrected chi connectivity index (χ0v) is 11.4. The Bertz CT molecular complexity index is 521. The highest BCUT2D eigenvalue weighted by Crippen LogP contribution is 2.19. The Morgan fingerprint density at radius 1 is 1.14 bits per heavy atom. The van der Waals surface area contributed by atoms with E-state index >= 15 is 0 Å². The van der Waals surface area contributed by atoms with E-state index in [0.29, 0.717) is 0 Å². The van der Waals surface area contributed by atoms with Crippen LogP contribution in [-0.4, -0.2) is 45.8 Å². The number of carbonyl (C=O) groups is 3. The summed E-state index contributed by atoms with van der Waals surface area (Å²) >= 11 is 0. The standard InChI is InChI=1S/C14H16O7/c1-2-21-14(20)13(19)9-5-3-8(4-6-9)12(18)10(15)7-11(16)17/h3-6,10,12,15,18H,2,7H2,1H3,(H,16,17). The highest BCUT2D eigenvalue weighted by molar-refractivity contribution is 6.40. The molecule has 0 fully saturated rings. The number of ether oxygens (including phenoxy) is 1. The summed E-state index contributed by atoms with van der Waals surface area (Å²) in [5, 5.41) is 27.8. The zero-order valence-electron chi connectivity index (χ0n) is 11.4. The van der Waals surface area contributed by atoms with Crippen LogP contribution in [0.5, 0.6) is 0 Å². The smallest absolute Gasteiger partial charge is 0.379 e. The molecule has 0 aliphatic rings. The number of carboxylic acids is 1. The van der Waals surface area contributed by atoms with Gasteiger partial charge in [-0.2, -0.15) is 0 Å². The molecule has 7 nitrogen and oxygen atoms in total. The molecule has 1 rings (SSSR count). The molecule has 0 heterocycles. The summed E-state index contributed by atoms with van der Waals surface area (Å²) in [6.45, 7) is 1.66. The van der Waals surface area contributed by atoms with Crippen LogP contribution in [-0.2, 0) is 14.3 Å². The molecule has 0 amide bonds. The fourth-order valence-electron chi connectivity index (χ4n) is 1.66. The Kier molecular flexibility index (Phi) is 6.01. The number of carbonyl (C=O) groups excluding carboxylic acids is 2. The summed E-state index contributed by atoms with van der Waals surface area (Å²) in [5.41, 5.74) is 0.321. The molecule has 114 valence electrons. The molecular weight excluding hydrogens is 280 g/mol. The minimum absolute atomic E-state index is 0.0807. The van der Waals surface area contributed by atoms with Crippen molar-refractivity contribution in [3.05, 3.63) is 35.4 Å². The number of esters is 1. The van der Waals surface area contributed by atoms with Crippen molar-refractivity contribution in [2.45, 2.75) is 25.6 Å². The number of Topliss-reactive ketones (excluding diaryl/α,β-unsaturated/α-hetero) is 1. The van der Waals surface area contributed by atoms with Gasteiger partial charge in [0.25, 0.3) is 5.78 Å². The molecule has 0 spiro atoms. The average Bonchev–Trinajstić information content (AvgIpc) is 2.45. The first kappa shape index (κ1) is 16.8. The van der Waals surface area contributed by atoms with Gasteiger partial charge in [-0.05, 0) is 12.5 Å². The maximum Gasteiger partial charge on any atom is 0.379 e. The van der Waals surface area contributed by atoms with Crippen LogP contribution in [0.4, 0.5) is 0 Å². The fourth-order valence-corrected chi connectivity index (χ4v) is 1.66. The number of ketones is 1. The summed E-state index contributed by atoms with van der Waals surface area (Å²) in [4.78, 5) is 33.4. The van der Waals surface area contributed by atoms with Gasteiger partial charge >= 0.3 is 11.9 Å². The highest BCUT2D eigenvalue weighted by atomic mass is 16.5. The fraction of sp³-hybridized carbons (Fsp3) is 0.357. The van der Waals surface area contributed by atoms with Crippen molar-refractivity contribution in [1.82, 2.24) is 0 Å². The summed E-state index contributed by atoms with van der Waals surface area (Å²) in [6.07, 6.45) is -3.47. The van der Waals surface area contributed by atoms with Gasteiger partial charge in [-0.3, -0.25) is 9.59 Å². The molecule has 21 heavy (non-hydrogen) atoms. The van der Waals surface area contributed by atoms with Crippen LogP contribution in [0.15, 0.2) is 24.3 Å². The van der Waals surface area contributed by atoms with Crippen molar-refractivity contribution >= 4 is 17.7 Å². The Balaban J connectivity index is 2.80. The van der Waals surface area contributed by atoms with E-state index in [0.717, 1.165) is 0 Å². The molecule has 2 atom stereocenters. The van der Waals surface area contributed by atoms with Crippen molar-refractivity contribution in [3.8, 4) is 0 Å². The van der Waals surface area contributed by atoms with Crippen LogP contribution in [0.3, 0.4) is 0 Å². The van der Waals surface area contributed by atoms with Crippen LogP contribution in [0.2, 0.25) is 0 Å². The summed E-state index contributed by atoms with van der Waals surface area (Å²) in [6, 6.07) is 5.26. The zero-order chi connectivity index (χ0) is 16.0. The van der Waals surface area contributed by atoms with Crippen LogP contribution in [0, 0.1) is 0 Å². The third-order valence-corrected chi connectivity index (χ3v) is 2.72. The first-order chi connectivity index (χ1) is 9.86. The number of carboxylic acid groups (broad SMARTS) is 1. The molecule has 3 N–H and O–H groups in total. The molecule has 0 aromatic heterocycles. The van der Waals surface area contributed by atoms with E-state index in [4.69, 9.17) is 5.11 Å². The van der Waals surface area contributed by atoms with Gasteiger partial charge in [0, 0.05) is 5.56 Å². The van der Waals surface area contributed by atoms with Crippen LogP contribution >= 0.6 is 0 Å². The summed E-state index contributed by atoms with van der Waals surface area (Å²) in [7, 11) is 0. The van der Waals surface area contributed by atoms with Crippen molar-refractivity contribution in [3.63, 3.8) is 0 Å². The van der Waals surface area contributed by atoms with Gasteiger partial charge < -0.3 is 20.1 Å².